The minimum atomic E-state index is -3.93. The fourth-order valence-corrected chi connectivity index (χ4v) is 3.12. The van der Waals surface area contributed by atoms with Crippen LogP contribution in [0.3, 0.4) is 0 Å². The number of nitrogens with one attached hydrogen (secondary N) is 1. The third-order valence-corrected chi connectivity index (χ3v) is 5.02. The number of nitrogens with two attached hydrogens (primary N) is 1. The molecular weight excluding hydrogens is 298 g/mol. The summed E-state index contributed by atoms with van der Waals surface area (Å²) in [7, 11) is -2.60. The third-order valence-electron chi connectivity index (χ3n) is 2.99. The second-order valence-corrected chi connectivity index (χ2v) is 6.28. The summed E-state index contributed by atoms with van der Waals surface area (Å²) in [6.45, 7) is 1.59. The predicted molar refractivity (Wildman–Crippen MR) is 75.5 cm³/mol. The number of anilines is 1. The number of hydrogen-bond donors (Lipinski definition) is 2. The molecule has 21 heavy (non-hydrogen) atoms. The lowest BCUT2D eigenvalue weighted by molar-refractivity contribution is -0.384. The molecule has 0 saturated heterocycles. The van der Waals surface area contributed by atoms with Crippen LogP contribution in [0.2, 0.25) is 0 Å². The predicted octanol–water partition coefficient (Wildman–Crippen LogP) is 0.803. The van der Waals surface area contributed by atoms with Gasteiger partial charge < -0.3 is 5.43 Å². The first-order chi connectivity index (χ1) is 9.75. The van der Waals surface area contributed by atoms with Crippen molar-refractivity contribution in [2.45, 2.75) is 24.3 Å². The number of nitrogen functional groups attached to an aromatic ring is 1. The molecule has 0 heterocycles. The van der Waals surface area contributed by atoms with Crippen LogP contribution < -0.4 is 11.3 Å². The van der Waals surface area contributed by atoms with Gasteiger partial charge in [-0.2, -0.15) is 9.57 Å². The van der Waals surface area contributed by atoms with Crippen molar-refractivity contribution in [2.24, 2.45) is 5.84 Å². The van der Waals surface area contributed by atoms with Crippen molar-refractivity contribution in [2.75, 3.05) is 12.5 Å². The van der Waals surface area contributed by atoms with E-state index >= 15 is 0 Å². The standard InChI is InChI=1S/C11H15N5O4S/c1-8(5-6-12)15(2)21(19,20)11-4-3-9(16(17)18)7-10(11)14-13/h3-4,7-8,14H,5,13H2,1-2H3. The Morgan fingerprint density at radius 2 is 2.19 bits per heavy atom. The first kappa shape index (κ1) is 16.8. The number of rotatable bonds is 6. The minimum Gasteiger partial charge on any atom is -0.323 e. The maximum absolute atomic E-state index is 12.5. The molecule has 1 atom stereocenters. The van der Waals surface area contributed by atoms with Crippen molar-refractivity contribution in [1.29, 1.82) is 5.26 Å². The van der Waals surface area contributed by atoms with Gasteiger partial charge in [0.1, 0.15) is 4.90 Å². The maximum Gasteiger partial charge on any atom is 0.271 e. The van der Waals surface area contributed by atoms with E-state index in [1.54, 1.807) is 6.92 Å². The lowest BCUT2D eigenvalue weighted by Gasteiger charge is -2.23. The Morgan fingerprint density at radius 3 is 2.67 bits per heavy atom. The fourth-order valence-electron chi connectivity index (χ4n) is 1.62. The number of nitrogens with zero attached hydrogens (tertiary/aromatic N) is 3. The number of hydrogen-bond acceptors (Lipinski definition) is 7. The van der Waals surface area contributed by atoms with Gasteiger partial charge in [0, 0.05) is 25.2 Å². The van der Waals surface area contributed by atoms with E-state index in [0.29, 0.717) is 0 Å². The van der Waals surface area contributed by atoms with Gasteiger partial charge in [-0.05, 0) is 13.0 Å². The lowest BCUT2D eigenvalue weighted by atomic mass is 10.3. The summed E-state index contributed by atoms with van der Waals surface area (Å²) in [5, 5.41) is 19.3. The van der Waals surface area contributed by atoms with Gasteiger partial charge in [-0.25, -0.2) is 8.42 Å². The third kappa shape index (κ3) is 3.46. The van der Waals surface area contributed by atoms with E-state index in [4.69, 9.17) is 11.1 Å². The number of nitro groups is 1. The van der Waals surface area contributed by atoms with Gasteiger partial charge in [-0.15, -0.1) is 0 Å². The van der Waals surface area contributed by atoms with Crippen molar-refractivity contribution < 1.29 is 13.3 Å². The molecule has 0 fully saturated rings. The van der Waals surface area contributed by atoms with Crippen LogP contribution in [0.15, 0.2) is 23.1 Å². The van der Waals surface area contributed by atoms with E-state index in [9.17, 15) is 18.5 Å². The fraction of sp³-hybridized carbons (Fsp3) is 0.364. The monoisotopic (exact) mass is 313 g/mol. The Balaban J connectivity index is 3.32. The summed E-state index contributed by atoms with van der Waals surface area (Å²) in [5.41, 5.74) is 1.78. The number of nitriles is 1. The van der Waals surface area contributed by atoms with Gasteiger partial charge in [0.2, 0.25) is 10.0 Å². The van der Waals surface area contributed by atoms with Crippen molar-refractivity contribution >= 4 is 21.4 Å². The molecule has 1 aromatic carbocycles. The molecule has 3 N–H and O–H groups in total. The summed E-state index contributed by atoms with van der Waals surface area (Å²) < 4.78 is 25.9. The van der Waals surface area contributed by atoms with Gasteiger partial charge in [0.05, 0.1) is 23.1 Å². The van der Waals surface area contributed by atoms with Crippen LogP contribution in [-0.4, -0.2) is 30.7 Å². The quantitative estimate of drug-likeness (QED) is 0.449. The van der Waals surface area contributed by atoms with Gasteiger partial charge in [0.15, 0.2) is 0 Å². The summed E-state index contributed by atoms with van der Waals surface area (Å²) >= 11 is 0. The molecule has 114 valence electrons. The van der Waals surface area contributed by atoms with Crippen LogP contribution in [0.4, 0.5) is 11.4 Å². The van der Waals surface area contributed by atoms with Crippen molar-refractivity contribution in [3.63, 3.8) is 0 Å². The first-order valence-electron chi connectivity index (χ1n) is 5.85. The largest absolute Gasteiger partial charge is 0.323 e. The number of hydrazine groups is 1. The van der Waals surface area contributed by atoms with Crippen LogP contribution in [0.5, 0.6) is 0 Å². The normalized spacial score (nSPS) is 12.7. The smallest absolute Gasteiger partial charge is 0.271 e. The average molecular weight is 313 g/mol. The van der Waals surface area contributed by atoms with Crippen LogP contribution >= 0.6 is 0 Å². The molecule has 0 saturated carbocycles. The molecule has 0 aliphatic rings. The lowest BCUT2D eigenvalue weighted by Crippen LogP contribution is -2.35. The van der Waals surface area contributed by atoms with Crippen LogP contribution in [0, 0.1) is 21.4 Å². The number of non-ortho nitro benzene ring substituents is 1. The number of nitro benzene ring substituents is 1. The van der Waals surface area contributed by atoms with E-state index in [1.165, 1.54) is 7.05 Å². The molecule has 10 heteroatoms. The molecule has 0 radical (unpaired) electrons. The summed E-state index contributed by atoms with van der Waals surface area (Å²) in [5.74, 6) is 5.24. The second kappa shape index (κ2) is 6.49. The molecule has 0 aliphatic heterocycles. The second-order valence-electron chi connectivity index (χ2n) is 4.31. The molecule has 1 rings (SSSR count). The number of sulfonamides is 1. The molecule has 0 bridgehead atoms. The highest BCUT2D eigenvalue weighted by atomic mass is 32.2. The molecular formula is C11H15N5O4S. The molecule has 1 aromatic rings. The summed E-state index contributed by atoms with van der Waals surface area (Å²) in [4.78, 5) is 9.85. The molecule has 0 spiro atoms. The molecule has 0 amide bonds. The van der Waals surface area contributed by atoms with Crippen molar-refractivity contribution in [3.05, 3.63) is 28.3 Å². The first-order valence-corrected chi connectivity index (χ1v) is 7.29. The highest BCUT2D eigenvalue weighted by molar-refractivity contribution is 7.89. The minimum absolute atomic E-state index is 0.0219. The zero-order chi connectivity index (χ0) is 16.2. The topological polar surface area (TPSA) is 142 Å². The van der Waals surface area contributed by atoms with Gasteiger partial charge in [0.25, 0.3) is 5.69 Å². The molecule has 1 unspecified atom stereocenters. The molecule has 0 aromatic heterocycles. The van der Waals surface area contributed by atoms with E-state index in [0.717, 1.165) is 22.5 Å². The van der Waals surface area contributed by atoms with Gasteiger partial charge >= 0.3 is 0 Å². The maximum atomic E-state index is 12.5. The summed E-state index contributed by atoms with van der Waals surface area (Å²) in [6, 6.07) is 4.57. The van der Waals surface area contributed by atoms with Crippen molar-refractivity contribution in [3.8, 4) is 6.07 Å². The zero-order valence-electron chi connectivity index (χ0n) is 11.5. The van der Waals surface area contributed by atoms with Gasteiger partial charge in [-0.3, -0.25) is 16.0 Å². The van der Waals surface area contributed by atoms with Crippen LogP contribution in [0.25, 0.3) is 0 Å². The molecule has 9 nitrogen and oxygen atoms in total. The van der Waals surface area contributed by atoms with Crippen LogP contribution in [-0.2, 0) is 10.0 Å². The SMILES string of the molecule is CC(CC#N)N(C)S(=O)(=O)c1ccc([N+](=O)[O-])cc1NN. The highest BCUT2D eigenvalue weighted by Crippen LogP contribution is 2.28. The van der Waals surface area contributed by atoms with E-state index in [-0.39, 0.29) is 22.7 Å². The highest BCUT2D eigenvalue weighted by Gasteiger charge is 2.28. The van der Waals surface area contributed by atoms with Gasteiger partial charge in [-0.1, -0.05) is 0 Å². The Labute approximate surface area is 122 Å². The molecule has 0 aliphatic carbocycles. The van der Waals surface area contributed by atoms with Crippen LogP contribution in [0.1, 0.15) is 13.3 Å². The Bertz CT molecular complexity index is 682. The van der Waals surface area contributed by atoms with Crippen molar-refractivity contribution in [1.82, 2.24) is 4.31 Å². The van der Waals surface area contributed by atoms with E-state index < -0.39 is 21.0 Å². The Hall–Kier alpha value is -2.22. The number of benzene rings is 1. The zero-order valence-corrected chi connectivity index (χ0v) is 12.3. The summed E-state index contributed by atoms with van der Waals surface area (Å²) in [6.07, 6.45) is 0.0219. The Kier molecular flexibility index (Phi) is 5.20. The average Bonchev–Trinajstić information content (AvgIpc) is 2.45. The van der Waals surface area contributed by atoms with E-state index in [2.05, 4.69) is 5.43 Å². The Morgan fingerprint density at radius 1 is 1.57 bits per heavy atom. The van der Waals surface area contributed by atoms with E-state index in [1.807, 2.05) is 6.07 Å².